The van der Waals surface area contributed by atoms with Crippen molar-refractivity contribution in [3.05, 3.63) is 102 Å². The van der Waals surface area contributed by atoms with E-state index in [1.54, 1.807) is 6.20 Å². The van der Waals surface area contributed by atoms with Gasteiger partial charge < -0.3 is 14.8 Å². The lowest BCUT2D eigenvalue weighted by Gasteiger charge is -2.15. The zero-order valence-electron chi connectivity index (χ0n) is 22.4. The fraction of sp³-hybridized carbons (Fsp3) is 0.303. The number of aromatic nitrogens is 2. The minimum atomic E-state index is -0.103. The monoisotopic (exact) mass is 521 g/mol. The number of carbonyl (C=O) groups is 1. The smallest absolute Gasteiger partial charge is 0.229 e. The highest BCUT2D eigenvalue weighted by atomic mass is 16.5. The van der Waals surface area contributed by atoms with Crippen LogP contribution in [0.1, 0.15) is 49.4 Å². The van der Waals surface area contributed by atoms with Crippen LogP contribution in [-0.4, -0.2) is 22.5 Å². The zero-order valence-corrected chi connectivity index (χ0v) is 22.4. The van der Waals surface area contributed by atoms with E-state index in [1.165, 1.54) is 25.7 Å². The second kappa shape index (κ2) is 13.1. The van der Waals surface area contributed by atoms with Crippen LogP contribution in [0.3, 0.4) is 0 Å². The lowest BCUT2D eigenvalue weighted by atomic mass is 10.0. The fourth-order valence-electron chi connectivity index (χ4n) is 5.00. The lowest BCUT2D eigenvalue weighted by molar-refractivity contribution is -0.115. The Bertz CT molecular complexity index is 1350. The van der Waals surface area contributed by atoms with Crippen molar-refractivity contribution in [2.24, 2.45) is 5.92 Å². The average Bonchev–Trinajstić information content (AvgIpc) is 3.48. The van der Waals surface area contributed by atoms with Crippen LogP contribution in [0.4, 0.5) is 5.82 Å². The second-order valence-corrected chi connectivity index (χ2v) is 10.0. The van der Waals surface area contributed by atoms with E-state index < -0.39 is 0 Å². The summed E-state index contributed by atoms with van der Waals surface area (Å²) in [5, 5.41) is 3.03. The van der Waals surface area contributed by atoms with E-state index in [0.717, 1.165) is 46.0 Å². The molecule has 0 bridgehead atoms. The maximum absolute atomic E-state index is 12.9. The molecular weight excluding hydrogens is 486 g/mol. The maximum atomic E-state index is 12.9. The van der Waals surface area contributed by atoms with Crippen molar-refractivity contribution in [1.82, 2.24) is 9.97 Å². The van der Waals surface area contributed by atoms with Crippen LogP contribution in [-0.2, 0) is 24.2 Å². The number of nitrogens with zero attached hydrogens (tertiary/aromatic N) is 2. The number of amides is 1. The van der Waals surface area contributed by atoms with E-state index >= 15 is 0 Å². The van der Waals surface area contributed by atoms with Gasteiger partial charge in [-0.2, -0.15) is 0 Å². The number of nitrogens with one attached hydrogen (secondary N) is 1. The Balaban J connectivity index is 1.28. The molecule has 5 rings (SSSR count). The minimum Gasteiger partial charge on any atom is -0.494 e. The first kappa shape index (κ1) is 26.4. The number of hydrogen-bond donors (Lipinski definition) is 1. The molecule has 1 N–H and O–H groups in total. The summed E-state index contributed by atoms with van der Waals surface area (Å²) >= 11 is 0. The highest BCUT2D eigenvalue weighted by Crippen LogP contribution is 2.30. The zero-order chi connectivity index (χ0) is 26.9. The van der Waals surface area contributed by atoms with Crippen LogP contribution < -0.4 is 14.8 Å². The van der Waals surface area contributed by atoms with Gasteiger partial charge in [0, 0.05) is 5.56 Å². The van der Waals surface area contributed by atoms with Gasteiger partial charge in [0.2, 0.25) is 5.91 Å². The van der Waals surface area contributed by atoms with Crippen molar-refractivity contribution in [3.8, 4) is 22.8 Å². The van der Waals surface area contributed by atoms with E-state index in [9.17, 15) is 4.79 Å². The summed E-state index contributed by atoms with van der Waals surface area (Å²) in [6.07, 6.45) is 7.71. The Morgan fingerprint density at radius 1 is 0.872 bits per heavy atom. The number of hydrogen-bond acceptors (Lipinski definition) is 5. The third kappa shape index (κ3) is 7.44. The van der Waals surface area contributed by atoms with E-state index in [4.69, 9.17) is 14.5 Å². The second-order valence-electron chi connectivity index (χ2n) is 10.0. The standard InChI is InChI=1S/C33H35N3O3/c1-2-38-28-16-12-25(13-17-28)21-32(37)36-33-30(20-24-8-6-7-9-24)35-31(22-34-33)27-14-18-29(19-15-27)39-23-26-10-4-3-5-11-26/h3-5,10-19,22,24H,2,6-9,20-21,23H2,1H3,(H,34,36,37). The van der Waals surface area contributed by atoms with Crippen molar-refractivity contribution in [1.29, 1.82) is 0 Å². The molecule has 0 unspecified atom stereocenters. The molecule has 1 heterocycles. The van der Waals surface area contributed by atoms with Gasteiger partial charge in [-0.25, -0.2) is 9.97 Å². The van der Waals surface area contributed by atoms with Gasteiger partial charge in [0.15, 0.2) is 5.82 Å². The Morgan fingerprint density at radius 3 is 2.28 bits per heavy atom. The van der Waals surface area contributed by atoms with Crippen LogP contribution in [0.25, 0.3) is 11.3 Å². The van der Waals surface area contributed by atoms with Crippen LogP contribution in [0.2, 0.25) is 0 Å². The molecule has 39 heavy (non-hydrogen) atoms. The molecule has 4 aromatic rings. The van der Waals surface area contributed by atoms with Gasteiger partial charge in [-0.3, -0.25) is 4.79 Å². The quantitative estimate of drug-likeness (QED) is 0.229. The molecule has 1 amide bonds. The molecule has 0 atom stereocenters. The Hall–Kier alpha value is -4.19. The molecule has 1 fully saturated rings. The lowest BCUT2D eigenvalue weighted by Crippen LogP contribution is -2.18. The van der Waals surface area contributed by atoms with E-state index in [-0.39, 0.29) is 12.3 Å². The van der Waals surface area contributed by atoms with Crippen LogP contribution in [0.5, 0.6) is 11.5 Å². The van der Waals surface area contributed by atoms with Gasteiger partial charge in [0.25, 0.3) is 0 Å². The Morgan fingerprint density at radius 2 is 1.56 bits per heavy atom. The van der Waals surface area contributed by atoms with Crippen LogP contribution in [0.15, 0.2) is 85.1 Å². The topological polar surface area (TPSA) is 73.3 Å². The highest BCUT2D eigenvalue weighted by Gasteiger charge is 2.20. The van der Waals surface area contributed by atoms with Gasteiger partial charge in [0.05, 0.1) is 30.6 Å². The predicted octanol–water partition coefficient (Wildman–Crippen LogP) is 7.04. The van der Waals surface area contributed by atoms with Crippen molar-refractivity contribution >= 4 is 11.7 Å². The first-order valence-electron chi connectivity index (χ1n) is 13.8. The van der Waals surface area contributed by atoms with Crippen molar-refractivity contribution in [2.45, 2.75) is 52.1 Å². The number of benzene rings is 3. The summed E-state index contributed by atoms with van der Waals surface area (Å²) in [6, 6.07) is 25.7. The number of rotatable bonds is 11. The first-order valence-corrected chi connectivity index (χ1v) is 13.8. The molecule has 0 aliphatic heterocycles. The molecule has 3 aromatic carbocycles. The predicted molar refractivity (Wildman–Crippen MR) is 154 cm³/mol. The van der Waals surface area contributed by atoms with Gasteiger partial charge in [-0.15, -0.1) is 0 Å². The largest absolute Gasteiger partial charge is 0.494 e. The number of carbonyl (C=O) groups excluding carboxylic acids is 1. The van der Waals surface area contributed by atoms with E-state index in [2.05, 4.69) is 10.3 Å². The SMILES string of the molecule is CCOc1ccc(CC(=O)Nc2ncc(-c3ccc(OCc4ccccc4)cc3)nc2CC2CCCC2)cc1. The summed E-state index contributed by atoms with van der Waals surface area (Å²) < 4.78 is 11.4. The van der Waals surface area contributed by atoms with E-state index in [1.807, 2.05) is 85.8 Å². The molecule has 1 aliphatic rings. The number of ether oxygens (including phenoxy) is 2. The van der Waals surface area contributed by atoms with E-state index in [0.29, 0.717) is 24.9 Å². The van der Waals surface area contributed by atoms with Crippen molar-refractivity contribution in [3.63, 3.8) is 0 Å². The normalized spacial score (nSPS) is 13.3. The molecule has 1 aromatic heterocycles. The summed E-state index contributed by atoms with van der Waals surface area (Å²) in [6.45, 7) is 3.09. The number of anilines is 1. The molecule has 0 spiro atoms. The molecule has 1 saturated carbocycles. The minimum absolute atomic E-state index is 0.103. The van der Waals surface area contributed by atoms with Gasteiger partial charge >= 0.3 is 0 Å². The molecule has 6 heteroatoms. The third-order valence-electron chi connectivity index (χ3n) is 7.06. The maximum Gasteiger partial charge on any atom is 0.229 e. The Kier molecular flexibility index (Phi) is 8.84. The Labute approximate surface area is 230 Å². The first-order chi connectivity index (χ1) is 19.2. The summed E-state index contributed by atoms with van der Waals surface area (Å²) in [5.74, 6) is 2.64. The third-order valence-corrected chi connectivity index (χ3v) is 7.06. The van der Waals surface area contributed by atoms with Crippen LogP contribution in [0, 0.1) is 5.92 Å². The molecular formula is C33H35N3O3. The van der Waals surface area contributed by atoms with Crippen LogP contribution >= 0.6 is 0 Å². The average molecular weight is 522 g/mol. The molecule has 0 radical (unpaired) electrons. The molecule has 0 saturated heterocycles. The van der Waals surface area contributed by atoms with Crippen molar-refractivity contribution < 1.29 is 14.3 Å². The van der Waals surface area contributed by atoms with Crippen molar-refractivity contribution in [2.75, 3.05) is 11.9 Å². The molecule has 1 aliphatic carbocycles. The van der Waals surface area contributed by atoms with Gasteiger partial charge in [0.1, 0.15) is 18.1 Å². The highest BCUT2D eigenvalue weighted by molar-refractivity contribution is 5.92. The summed E-state index contributed by atoms with van der Waals surface area (Å²) in [5.41, 5.74) is 4.66. The molecule has 200 valence electrons. The summed E-state index contributed by atoms with van der Waals surface area (Å²) in [7, 11) is 0. The summed E-state index contributed by atoms with van der Waals surface area (Å²) in [4.78, 5) is 22.6. The van der Waals surface area contributed by atoms with Gasteiger partial charge in [-0.1, -0.05) is 68.1 Å². The molecule has 6 nitrogen and oxygen atoms in total. The fourth-order valence-corrected chi connectivity index (χ4v) is 5.00. The van der Waals surface area contributed by atoms with Gasteiger partial charge in [-0.05, 0) is 66.8 Å².